The van der Waals surface area contributed by atoms with Crippen LogP contribution in [0.4, 0.5) is 5.82 Å². The van der Waals surface area contributed by atoms with E-state index in [4.69, 9.17) is 5.73 Å². The van der Waals surface area contributed by atoms with Crippen molar-refractivity contribution in [3.8, 4) is 0 Å². The fraction of sp³-hybridized carbons (Fsp3) is 0.727. The number of hydrogen-bond donors (Lipinski definition) is 3. The molecule has 1 aromatic rings. The highest BCUT2D eigenvalue weighted by Crippen LogP contribution is 2.17. The van der Waals surface area contributed by atoms with Crippen LogP contribution in [0, 0.1) is 0 Å². The van der Waals surface area contributed by atoms with Crippen molar-refractivity contribution in [3.63, 3.8) is 0 Å². The molecule has 0 aliphatic carbocycles. The van der Waals surface area contributed by atoms with E-state index in [1.807, 2.05) is 12.3 Å². The average molecular weight is 223 g/mol. The number of nitrogens with one attached hydrogen (secondary N) is 2. The van der Waals surface area contributed by atoms with Crippen molar-refractivity contribution < 1.29 is 0 Å². The predicted octanol–water partition coefficient (Wildman–Crippen LogP) is 0.567. The summed E-state index contributed by atoms with van der Waals surface area (Å²) in [6.07, 6.45) is 4.03. The van der Waals surface area contributed by atoms with Gasteiger partial charge in [0.15, 0.2) is 0 Å². The summed E-state index contributed by atoms with van der Waals surface area (Å²) in [5.74, 6) is 1.08. The molecule has 1 aliphatic heterocycles. The lowest BCUT2D eigenvalue weighted by molar-refractivity contribution is 0.321. The number of aromatic nitrogens is 2. The van der Waals surface area contributed by atoms with Gasteiger partial charge in [0.2, 0.25) is 0 Å². The van der Waals surface area contributed by atoms with Crippen molar-refractivity contribution in [3.05, 3.63) is 12.3 Å². The number of anilines is 1. The second kappa shape index (κ2) is 5.32. The van der Waals surface area contributed by atoms with Gasteiger partial charge in [0.25, 0.3) is 0 Å². The molecule has 5 heteroatoms. The van der Waals surface area contributed by atoms with Crippen LogP contribution in [0.2, 0.25) is 0 Å². The van der Waals surface area contributed by atoms with Crippen LogP contribution in [0.15, 0.2) is 12.3 Å². The first-order valence-electron chi connectivity index (χ1n) is 6.05. The Morgan fingerprint density at radius 3 is 3.12 bits per heavy atom. The normalized spacial score (nSPS) is 18.1. The summed E-state index contributed by atoms with van der Waals surface area (Å²) in [5, 5.41) is 11.0. The van der Waals surface area contributed by atoms with Gasteiger partial charge in [0, 0.05) is 31.7 Å². The van der Waals surface area contributed by atoms with E-state index in [2.05, 4.69) is 27.3 Å². The maximum absolute atomic E-state index is 5.97. The van der Waals surface area contributed by atoms with E-state index in [9.17, 15) is 0 Å². The van der Waals surface area contributed by atoms with Gasteiger partial charge in [-0.2, -0.15) is 5.10 Å². The smallest absolute Gasteiger partial charge is 0.124 e. The third-order valence-corrected chi connectivity index (χ3v) is 2.98. The Hall–Kier alpha value is -1.07. The molecule has 0 saturated carbocycles. The average Bonchev–Trinajstić information content (AvgIpc) is 2.61. The summed E-state index contributed by atoms with van der Waals surface area (Å²) >= 11 is 0. The third kappa shape index (κ3) is 2.54. The lowest BCUT2D eigenvalue weighted by Gasteiger charge is -2.29. The highest BCUT2D eigenvalue weighted by atomic mass is 15.4. The summed E-state index contributed by atoms with van der Waals surface area (Å²) in [5.41, 5.74) is 5.97. The molecule has 1 fully saturated rings. The van der Waals surface area contributed by atoms with Gasteiger partial charge < -0.3 is 16.4 Å². The highest BCUT2D eigenvalue weighted by molar-refractivity contribution is 5.35. The van der Waals surface area contributed by atoms with E-state index in [1.165, 1.54) is 0 Å². The first kappa shape index (κ1) is 11.4. The van der Waals surface area contributed by atoms with Crippen molar-refractivity contribution in [2.45, 2.75) is 31.8 Å². The van der Waals surface area contributed by atoms with Gasteiger partial charge >= 0.3 is 0 Å². The van der Waals surface area contributed by atoms with E-state index in [0.717, 1.165) is 38.3 Å². The number of nitrogens with zero attached hydrogens (tertiary/aromatic N) is 2. The molecular weight excluding hydrogens is 202 g/mol. The molecule has 1 saturated heterocycles. The van der Waals surface area contributed by atoms with Gasteiger partial charge in [-0.25, -0.2) is 4.68 Å². The number of nitrogens with two attached hydrogens (primary N) is 1. The molecule has 0 bridgehead atoms. The fourth-order valence-electron chi connectivity index (χ4n) is 1.90. The summed E-state index contributed by atoms with van der Waals surface area (Å²) in [4.78, 5) is 0. The minimum atomic E-state index is 0.230. The lowest BCUT2D eigenvalue weighted by Crippen LogP contribution is -2.44. The molecule has 0 spiro atoms. The molecule has 1 aromatic heterocycles. The van der Waals surface area contributed by atoms with Gasteiger partial charge in [-0.1, -0.05) is 13.3 Å². The third-order valence-electron chi connectivity index (χ3n) is 2.98. The molecule has 90 valence electrons. The zero-order chi connectivity index (χ0) is 11.4. The molecule has 2 heterocycles. The first-order chi connectivity index (χ1) is 7.81. The Kier molecular flexibility index (Phi) is 3.79. The van der Waals surface area contributed by atoms with Gasteiger partial charge in [-0.05, 0) is 6.42 Å². The van der Waals surface area contributed by atoms with Crippen LogP contribution in [-0.2, 0) is 0 Å². The van der Waals surface area contributed by atoms with Crippen LogP contribution in [0.5, 0.6) is 0 Å². The lowest BCUT2D eigenvalue weighted by atomic mass is 10.2. The Balaban J connectivity index is 1.86. The maximum atomic E-state index is 5.97. The van der Waals surface area contributed by atoms with Crippen molar-refractivity contribution in [1.29, 1.82) is 0 Å². The van der Waals surface area contributed by atoms with E-state index >= 15 is 0 Å². The van der Waals surface area contributed by atoms with Crippen LogP contribution in [-0.4, -0.2) is 35.5 Å². The zero-order valence-electron chi connectivity index (χ0n) is 9.82. The quantitative estimate of drug-likeness (QED) is 0.659. The first-order valence-corrected chi connectivity index (χ1v) is 6.05. The molecule has 0 amide bonds. The molecule has 0 unspecified atom stereocenters. The van der Waals surface area contributed by atoms with Crippen molar-refractivity contribution in [1.82, 2.24) is 15.1 Å². The minimum Gasteiger partial charge on any atom is -0.369 e. The van der Waals surface area contributed by atoms with Gasteiger partial charge in [-0.15, -0.1) is 0 Å². The van der Waals surface area contributed by atoms with Gasteiger partial charge in [0.05, 0.1) is 12.2 Å². The summed E-state index contributed by atoms with van der Waals surface area (Å²) in [6, 6.07) is 2.74. The minimum absolute atomic E-state index is 0.230. The van der Waals surface area contributed by atoms with Crippen LogP contribution in [0.1, 0.15) is 25.8 Å². The molecule has 0 radical (unpaired) electrons. The molecule has 0 aromatic carbocycles. The van der Waals surface area contributed by atoms with E-state index in [0.29, 0.717) is 6.04 Å². The summed E-state index contributed by atoms with van der Waals surface area (Å²) in [6.45, 7) is 5.00. The summed E-state index contributed by atoms with van der Waals surface area (Å²) in [7, 11) is 0. The standard InChI is InChI=1S/C11H21N5/c1-2-3-9(12)6-14-11-4-5-15-16(11)10-7-13-8-10/h4-5,9-10,13-14H,2-3,6-8,12H2,1H3/t9-/m1/s1. The largest absolute Gasteiger partial charge is 0.369 e. The van der Waals surface area contributed by atoms with Crippen molar-refractivity contribution >= 4 is 5.82 Å². The van der Waals surface area contributed by atoms with Crippen LogP contribution in [0.25, 0.3) is 0 Å². The van der Waals surface area contributed by atoms with E-state index < -0.39 is 0 Å². The topological polar surface area (TPSA) is 67.9 Å². The van der Waals surface area contributed by atoms with Crippen molar-refractivity contribution in [2.75, 3.05) is 25.0 Å². The Bertz CT molecular complexity index is 318. The molecule has 4 N–H and O–H groups in total. The van der Waals surface area contributed by atoms with Crippen LogP contribution >= 0.6 is 0 Å². The van der Waals surface area contributed by atoms with Gasteiger partial charge in [0.1, 0.15) is 5.82 Å². The van der Waals surface area contributed by atoms with E-state index in [-0.39, 0.29) is 6.04 Å². The highest BCUT2D eigenvalue weighted by Gasteiger charge is 2.21. The second-order valence-electron chi connectivity index (χ2n) is 4.40. The molecule has 5 nitrogen and oxygen atoms in total. The Morgan fingerprint density at radius 2 is 2.50 bits per heavy atom. The number of rotatable bonds is 6. The molecule has 1 aliphatic rings. The zero-order valence-corrected chi connectivity index (χ0v) is 9.82. The second-order valence-corrected chi connectivity index (χ2v) is 4.40. The number of hydrogen-bond acceptors (Lipinski definition) is 4. The molecule has 16 heavy (non-hydrogen) atoms. The maximum Gasteiger partial charge on any atom is 0.124 e. The fourth-order valence-corrected chi connectivity index (χ4v) is 1.90. The SMILES string of the molecule is CCC[C@@H](N)CNc1ccnn1C1CNC1. The predicted molar refractivity (Wildman–Crippen MR) is 65.5 cm³/mol. The Morgan fingerprint density at radius 1 is 1.69 bits per heavy atom. The van der Waals surface area contributed by atoms with E-state index in [1.54, 1.807) is 0 Å². The Labute approximate surface area is 96.4 Å². The van der Waals surface area contributed by atoms with Crippen LogP contribution in [0.3, 0.4) is 0 Å². The molecule has 1 atom stereocenters. The van der Waals surface area contributed by atoms with Gasteiger partial charge in [-0.3, -0.25) is 0 Å². The molecule has 2 rings (SSSR count). The monoisotopic (exact) mass is 223 g/mol. The summed E-state index contributed by atoms with van der Waals surface area (Å²) < 4.78 is 2.05. The molecular formula is C11H21N5. The van der Waals surface area contributed by atoms with Crippen molar-refractivity contribution in [2.24, 2.45) is 5.73 Å². The van der Waals surface area contributed by atoms with Crippen LogP contribution < -0.4 is 16.4 Å².